The Morgan fingerprint density at radius 1 is 1.08 bits per heavy atom. The number of nitrogens with one attached hydrogen (secondary N) is 2. The third-order valence-corrected chi connectivity index (χ3v) is 7.14. The van der Waals surface area contributed by atoms with Gasteiger partial charge in [-0.1, -0.05) is 51.5 Å². The number of anilines is 1. The van der Waals surface area contributed by atoms with Crippen LogP contribution in [0.4, 0.5) is 5.69 Å². The van der Waals surface area contributed by atoms with E-state index < -0.39 is 10.0 Å². The van der Waals surface area contributed by atoms with Crippen LogP contribution in [0, 0.1) is 6.92 Å². The van der Waals surface area contributed by atoms with Crippen molar-refractivity contribution in [2.75, 3.05) is 30.7 Å². The number of ether oxygens (including phenoxy) is 1. The minimum absolute atomic E-state index is 0.0342. The number of hydrogen-bond donors (Lipinski definition) is 2. The average Bonchev–Trinajstić information content (AvgIpc) is 2.78. The third-order valence-electron chi connectivity index (χ3n) is 6.55. The molecule has 0 bridgehead atoms. The molecule has 7 nitrogen and oxygen atoms in total. The van der Waals surface area contributed by atoms with Crippen LogP contribution in [0.25, 0.3) is 0 Å². The Morgan fingerprint density at radius 2 is 1.78 bits per heavy atom. The third kappa shape index (κ3) is 8.23. The summed E-state index contributed by atoms with van der Waals surface area (Å²) in [4.78, 5) is 15.2. The molecule has 8 heteroatoms. The van der Waals surface area contributed by atoms with Gasteiger partial charge < -0.3 is 10.1 Å². The molecular weight excluding hydrogens is 474 g/mol. The van der Waals surface area contributed by atoms with Crippen LogP contribution in [-0.2, 0) is 26.8 Å². The zero-order chi connectivity index (χ0) is 26.5. The van der Waals surface area contributed by atoms with Crippen LogP contribution in [0.1, 0.15) is 75.3 Å². The number of benzene rings is 2. The van der Waals surface area contributed by atoms with E-state index in [9.17, 15) is 13.2 Å². The molecule has 36 heavy (non-hydrogen) atoms. The van der Waals surface area contributed by atoms with Gasteiger partial charge >= 0.3 is 0 Å². The molecule has 0 radical (unpaired) electrons. The minimum Gasteiger partial charge on any atom is -0.483 e. The lowest BCUT2D eigenvalue weighted by molar-refractivity contribution is -0.123. The Labute approximate surface area is 216 Å². The highest BCUT2D eigenvalue weighted by Gasteiger charge is 2.20. The van der Waals surface area contributed by atoms with E-state index >= 15 is 0 Å². The number of aryl methyl sites for hydroxylation is 1. The summed E-state index contributed by atoms with van der Waals surface area (Å²) in [6.07, 6.45) is 4.86. The standard InChI is InChI=1S/C28H41N3O4S/c1-20-16-22(10-12-25(20)30-36(6,33)34)21(2)29-27(32)19-35-26-13-11-24(28(3,4)5)17-23(26)18-31-14-8-7-9-15-31/h10-13,16-17,21,30H,7-9,14-15,18-19H2,1-6H3,(H,29,32). The van der Waals surface area contributed by atoms with Crippen molar-refractivity contribution in [1.82, 2.24) is 10.2 Å². The van der Waals surface area contributed by atoms with E-state index in [4.69, 9.17) is 4.74 Å². The van der Waals surface area contributed by atoms with Gasteiger partial charge in [-0.15, -0.1) is 0 Å². The highest BCUT2D eigenvalue weighted by atomic mass is 32.2. The largest absolute Gasteiger partial charge is 0.483 e. The van der Waals surface area contributed by atoms with Crippen molar-refractivity contribution in [2.45, 2.75) is 71.9 Å². The van der Waals surface area contributed by atoms with E-state index in [1.165, 1.54) is 24.8 Å². The van der Waals surface area contributed by atoms with Gasteiger partial charge in [0.15, 0.2) is 6.61 Å². The summed E-state index contributed by atoms with van der Waals surface area (Å²) in [6, 6.07) is 11.5. The molecule has 0 aliphatic carbocycles. The number of amides is 1. The van der Waals surface area contributed by atoms with Crippen LogP contribution >= 0.6 is 0 Å². The molecule has 0 aromatic heterocycles. The molecule has 198 valence electrons. The predicted molar refractivity (Wildman–Crippen MR) is 146 cm³/mol. The molecule has 3 rings (SSSR count). The molecular formula is C28H41N3O4S. The molecule has 1 saturated heterocycles. The van der Waals surface area contributed by atoms with E-state index in [1.54, 1.807) is 6.07 Å². The van der Waals surface area contributed by atoms with Crippen LogP contribution in [0.2, 0.25) is 0 Å². The number of carbonyl (C=O) groups excluding carboxylic acids is 1. The zero-order valence-electron chi connectivity index (χ0n) is 22.5. The quantitative estimate of drug-likeness (QED) is 0.496. The SMILES string of the molecule is Cc1cc(C(C)NC(=O)COc2ccc(C(C)(C)C)cc2CN2CCCCC2)ccc1NS(C)(=O)=O. The van der Waals surface area contributed by atoms with E-state index in [1.807, 2.05) is 32.0 Å². The molecule has 1 unspecified atom stereocenters. The van der Waals surface area contributed by atoms with Crippen LogP contribution in [-0.4, -0.2) is 45.2 Å². The highest BCUT2D eigenvalue weighted by molar-refractivity contribution is 7.92. The molecule has 1 amide bonds. The van der Waals surface area contributed by atoms with Gasteiger partial charge in [0.25, 0.3) is 5.91 Å². The average molecular weight is 516 g/mol. The van der Waals surface area contributed by atoms with Crippen LogP contribution < -0.4 is 14.8 Å². The van der Waals surface area contributed by atoms with Gasteiger partial charge in [0, 0.05) is 12.1 Å². The molecule has 2 aromatic carbocycles. The molecule has 2 aromatic rings. The summed E-state index contributed by atoms with van der Waals surface area (Å²) in [5.41, 5.74) is 4.62. The molecule has 1 fully saturated rings. The molecule has 2 N–H and O–H groups in total. The Morgan fingerprint density at radius 3 is 2.39 bits per heavy atom. The monoisotopic (exact) mass is 515 g/mol. The molecule has 1 aliphatic rings. The molecule has 1 heterocycles. The summed E-state index contributed by atoms with van der Waals surface area (Å²) < 4.78 is 31.6. The van der Waals surface area contributed by atoms with Crippen LogP contribution in [0.15, 0.2) is 36.4 Å². The lowest BCUT2D eigenvalue weighted by atomic mass is 9.86. The Balaban J connectivity index is 1.65. The number of piperidine rings is 1. The zero-order valence-corrected chi connectivity index (χ0v) is 23.3. The van der Waals surface area contributed by atoms with Crippen molar-refractivity contribution >= 4 is 21.6 Å². The van der Waals surface area contributed by atoms with Crippen molar-refractivity contribution in [3.8, 4) is 5.75 Å². The van der Waals surface area contributed by atoms with Gasteiger partial charge in [-0.3, -0.25) is 14.4 Å². The van der Waals surface area contributed by atoms with Crippen molar-refractivity contribution in [2.24, 2.45) is 0 Å². The topological polar surface area (TPSA) is 87.7 Å². The van der Waals surface area contributed by atoms with Crippen molar-refractivity contribution in [3.05, 3.63) is 58.7 Å². The van der Waals surface area contributed by atoms with Gasteiger partial charge in [0.2, 0.25) is 10.0 Å². The number of carbonyl (C=O) groups is 1. The summed E-state index contributed by atoms with van der Waals surface area (Å²) in [7, 11) is -3.35. The van der Waals surface area contributed by atoms with Crippen LogP contribution in [0.5, 0.6) is 5.75 Å². The lowest BCUT2D eigenvalue weighted by Gasteiger charge is -2.28. The van der Waals surface area contributed by atoms with Crippen LogP contribution in [0.3, 0.4) is 0 Å². The minimum atomic E-state index is -3.35. The first-order valence-corrected chi connectivity index (χ1v) is 14.6. The fraction of sp³-hybridized carbons (Fsp3) is 0.536. The van der Waals surface area contributed by atoms with E-state index in [0.29, 0.717) is 5.69 Å². The second-order valence-corrected chi connectivity index (χ2v) is 12.7. The first kappa shape index (κ1) is 28.0. The number of hydrogen-bond acceptors (Lipinski definition) is 5. The fourth-order valence-electron chi connectivity index (χ4n) is 4.45. The number of nitrogens with zero attached hydrogens (tertiary/aromatic N) is 1. The molecule has 0 spiro atoms. The Hall–Kier alpha value is -2.58. The summed E-state index contributed by atoms with van der Waals surface area (Å²) in [6.45, 7) is 13.3. The lowest BCUT2D eigenvalue weighted by Crippen LogP contribution is -2.32. The Bertz CT molecular complexity index is 1170. The van der Waals surface area contributed by atoms with Crippen molar-refractivity contribution < 1.29 is 17.9 Å². The normalized spacial score (nSPS) is 15.8. The fourth-order valence-corrected chi connectivity index (χ4v) is 5.08. The number of sulfonamides is 1. The van der Waals surface area contributed by atoms with Gasteiger partial charge in [-0.2, -0.15) is 0 Å². The second-order valence-electron chi connectivity index (χ2n) is 10.9. The Kier molecular flexibility index (Phi) is 9.06. The summed E-state index contributed by atoms with van der Waals surface area (Å²) in [5, 5.41) is 2.98. The van der Waals surface area contributed by atoms with E-state index in [-0.39, 0.29) is 24.0 Å². The number of rotatable bonds is 9. The summed E-state index contributed by atoms with van der Waals surface area (Å²) >= 11 is 0. The maximum Gasteiger partial charge on any atom is 0.258 e. The first-order valence-electron chi connectivity index (χ1n) is 12.7. The summed E-state index contributed by atoms with van der Waals surface area (Å²) in [5.74, 6) is 0.547. The van der Waals surface area contributed by atoms with E-state index in [0.717, 1.165) is 48.3 Å². The molecule has 1 aliphatic heterocycles. The van der Waals surface area contributed by atoms with Crippen molar-refractivity contribution in [3.63, 3.8) is 0 Å². The van der Waals surface area contributed by atoms with Gasteiger partial charge in [0.05, 0.1) is 18.0 Å². The van der Waals surface area contributed by atoms with Gasteiger partial charge in [0.1, 0.15) is 5.75 Å². The predicted octanol–water partition coefficient (Wildman–Crippen LogP) is 4.91. The maximum absolute atomic E-state index is 12.7. The molecule has 0 saturated carbocycles. The highest BCUT2D eigenvalue weighted by Crippen LogP contribution is 2.30. The molecule has 1 atom stereocenters. The number of likely N-dealkylation sites (tertiary alicyclic amines) is 1. The first-order chi connectivity index (χ1) is 16.8. The smallest absolute Gasteiger partial charge is 0.258 e. The maximum atomic E-state index is 12.7. The second kappa shape index (κ2) is 11.6. The van der Waals surface area contributed by atoms with Crippen molar-refractivity contribution in [1.29, 1.82) is 0 Å². The van der Waals surface area contributed by atoms with E-state index in [2.05, 4.69) is 47.8 Å². The van der Waals surface area contributed by atoms with Gasteiger partial charge in [-0.25, -0.2) is 8.42 Å². The van der Waals surface area contributed by atoms with Gasteiger partial charge in [-0.05, 0) is 74.0 Å².